The summed E-state index contributed by atoms with van der Waals surface area (Å²) in [5.74, 6) is 2.08. The van der Waals surface area contributed by atoms with Gasteiger partial charge in [0, 0.05) is 90.8 Å². The van der Waals surface area contributed by atoms with E-state index < -0.39 is 0 Å². The van der Waals surface area contributed by atoms with Gasteiger partial charge in [0.2, 0.25) is 6.79 Å². The fraction of sp³-hybridized carbons (Fsp3) is 0.259. The number of imide groups is 2. The number of fused-ring (bicyclic) bond motifs is 4. The van der Waals surface area contributed by atoms with Crippen molar-refractivity contribution < 1.29 is 33.4 Å². The molecule has 0 unspecified atom stereocenters. The molecule has 2 aromatic carbocycles. The van der Waals surface area contributed by atoms with Crippen molar-refractivity contribution in [2.75, 3.05) is 27.0 Å². The van der Waals surface area contributed by atoms with E-state index in [1.807, 2.05) is 54.7 Å². The van der Waals surface area contributed by atoms with E-state index in [1.165, 1.54) is 9.80 Å². The van der Waals surface area contributed by atoms with E-state index in [2.05, 4.69) is 24.9 Å². The number of benzene rings is 2. The second kappa shape index (κ2) is 19.2. The second-order valence-corrected chi connectivity index (χ2v) is 17.8. The van der Waals surface area contributed by atoms with Crippen LogP contribution in [0.5, 0.6) is 17.2 Å². The number of aromatic nitrogens is 7. The maximum absolute atomic E-state index is 13.5. The number of rotatable bonds is 13. The summed E-state index contributed by atoms with van der Waals surface area (Å²) < 4.78 is 19.5. The predicted molar refractivity (Wildman–Crippen MR) is 264 cm³/mol. The van der Waals surface area contributed by atoms with E-state index in [4.69, 9.17) is 14.2 Å². The van der Waals surface area contributed by atoms with Gasteiger partial charge >= 0.3 is 0 Å². The van der Waals surface area contributed by atoms with Crippen molar-refractivity contribution in [3.8, 4) is 17.2 Å². The molecule has 0 saturated heterocycles. The standard InChI is InChI=1S/C28H25N5O4.C26H22N4O5/c1-37-18-8-9-23-22(15-18)17(16-30-23)10-13-32-24(31-25-21(28(32)36)7-4-12-29-25)11-14-33-26(34)19-5-2-3-6-20(19)27(33)35;31-24-17-4-1-2-5-18(17)25(32)30(24)13-10-22-28-23-19(6-3-11-27-23)26(33)29(22)12-9-16-7-8-20-21(14-16)35-15-34-20/h2,4-5,7-9,12,15-16,30H,3,6,10-11,13-14H2,1H3;1,3-4,6-8,11,14H,2,5,9-10,12-13,15H2. The highest BCUT2D eigenvalue weighted by atomic mass is 16.7. The van der Waals surface area contributed by atoms with Gasteiger partial charge in [0.05, 0.1) is 17.9 Å². The summed E-state index contributed by atoms with van der Waals surface area (Å²) in [7, 11) is 1.63. The Morgan fingerprint density at radius 2 is 1.19 bits per heavy atom. The lowest BCUT2D eigenvalue weighted by atomic mass is 10.00. The Kier molecular flexibility index (Phi) is 12.2. The van der Waals surface area contributed by atoms with Gasteiger partial charge < -0.3 is 19.2 Å². The van der Waals surface area contributed by atoms with Gasteiger partial charge in [-0.1, -0.05) is 30.4 Å². The third-order valence-corrected chi connectivity index (χ3v) is 13.7. The zero-order chi connectivity index (χ0) is 49.5. The molecule has 7 aromatic rings. The second-order valence-electron chi connectivity index (χ2n) is 17.8. The monoisotopic (exact) mass is 965 g/mol. The van der Waals surface area contributed by atoms with Gasteiger partial charge in [-0.15, -0.1) is 0 Å². The number of hydrogen-bond acceptors (Lipinski definition) is 13. The van der Waals surface area contributed by atoms with Crippen molar-refractivity contribution >= 4 is 56.6 Å². The van der Waals surface area contributed by atoms with Crippen LogP contribution in [0.1, 0.15) is 48.5 Å². The molecule has 3 aliphatic heterocycles. The molecule has 8 heterocycles. The third kappa shape index (κ3) is 8.43. The smallest absolute Gasteiger partial charge is 0.263 e. The summed E-state index contributed by atoms with van der Waals surface area (Å²) >= 11 is 0. The summed E-state index contributed by atoms with van der Waals surface area (Å²) in [4.78, 5) is 102. The molecular formula is C54H47N9O9. The zero-order valence-electron chi connectivity index (χ0n) is 39.3. The maximum Gasteiger partial charge on any atom is 0.263 e. The number of methoxy groups -OCH3 is 1. The minimum absolute atomic E-state index is 0.146. The SMILES string of the molecule is COc1ccc2[nH]cc(CCn3c(CCN4C(=O)C5=C(CCC=C5)C4=O)nc4ncccc4c3=O)c2c1.O=C1C2=C(CCC=C2)C(=O)N1CCc1nc2ncccc2c(=O)n1CCc1ccc2c(c1)OCO2. The number of aromatic amines is 1. The van der Waals surface area contributed by atoms with E-state index in [-0.39, 0.29) is 67.5 Å². The molecule has 0 fully saturated rings. The van der Waals surface area contributed by atoms with Crippen molar-refractivity contribution in [1.29, 1.82) is 0 Å². The Morgan fingerprint density at radius 1 is 0.611 bits per heavy atom. The lowest BCUT2D eigenvalue weighted by Gasteiger charge is -2.17. The lowest BCUT2D eigenvalue weighted by Crippen LogP contribution is -2.35. The number of nitrogens with zero attached hydrogens (tertiary/aromatic N) is 8. The number of H-pyrrole nitrogens is 1. The molecule has 0 atom stereocenters. The first-order valence-electron chi connectivity index (χ1n) is 23.9. The number of nitrogens with one attached hydrogen (secondary N) is 1. The Labute approximate surface area is 410 Å². The number of carbonyl (C=O) groups excluding carboxylic acids is 4. The molecule has 0 radical (unpaired) electrons. The molecule has 18 nitrogen and oxygen atoms in total. The fourth-order valence-electron chi connectivity index (χ4n) is 9.90. The largest absolute Gasteiger partial charge is 0.497 e. The quantitative estimate of drug-likeness (QED) is 0.144. The number of ether oxygens (including phenoxy) is 3. The molecule has 12 rings (SSSR count). The molecule has 5 aliphatic rings. The highest BCUT2D eigenvalue weighted by Crippen LogP contribution is 2.34. The van der Waals surface area contributed by atoms with Crippen LogP contribution in [0.15, 0.2) is 135 Å². The molecular weight excluding hydrogens is 919 g/mol. The number of hydrogen-bond donors (Lipinski definition) is 1. The van der Waals surface area contributed by atoms with Crippen LogP contribution in [0.25, 0.3) is 33.0 Å². The van der Waals surface area contributed by atoms with Crippen molar-refractivity contribution in [2.24, 2.45) is 0 Å². The number of allylic oxidation sites excluding steroid dienone is 2. The predicted octanol–water partition coefficient (Wildman–Crippen LogP) is 5.40. The topological polar surface area (TPSA) is 214 Å². The van der Waals surface area contributed by atoms with E-state index in [0.717, 1.165) is 40.6 Å². The summed E-state index contributed by atoms with van der Waals surface area (Å²) in [6.07, 6.45) is 16.7. The van der Waals surface area contributed by atoms with E-state index in [1.54, 1.807) is 65.1 Å². The van der Waals surface area contributed by atoms with Crippen molar-refractivity contribution in [1.82, 2.24) is 43.9 Å². The van der Waals surface area contributed by atoms with Crippen molar-refractivity contribution in [3.63, 3.8) is 0 Å². The average molecular weight is 966 g/mol. The molecule has 4 amide bonds. The van der Waals surface area contributed by atoms with Crippen LogP contribution in [0.3, 0.4) is 0 Å². The molecule has 0 saturated carbocycles. The molecule has 1 N–H and O–H groups in total. The summed E-state index contributed by atoms with van der Waals surface area (Å²) in [6, 6.07) is 18.4. The normalized spacial score (nSPS) is 15.9. The van der Waals surface area contributed by atoms with Gasteiger partial charge in [-0.2, -0.15) is 0 Å². The maximum atomic E-state index is 13.5. The van der Waals surface area contributed by atoms with Gasteiger partial charge in [-0.05, 0) is 104 Å². The summed E-state index contributed by atoms with van der Waals surface area (Å²) in [5, 5.41) is 1.89. The van der Waals surface area contributed by atoms with Crippen LogP contribution >= 0.6 is 0 Å². The first-order chi connectivity index (χ1) is 35.1. The van der Waals surface area contributed by atoms with E-state index in [9.17, 15) is 28.8 Å². The Hall–Kier alpha value is -8.80. The molecule has 5 aromatic heterocycles. The van der Waals surface area contributed by atoms with Crippen molar-refractivity contribution in [2.45, 2.75) is 64.5 Å². The third-order valence-electron chi connectivity index (χ3n) is 13.7. The van der Waals surface area contributed by atoms with Gasteiger partial charge in [-0.3, -0.25) is 47.7 Å². The van der Waals surface area contributed by atoms with Crippen LogP contribution in [-0.4, -0.2) is 94.5 Å². The molecule has 362 valence electrons. The highest BCUT2D eigenvalue weighted by molar-refractivity contribution is 6.21. The van der Waals surface area contributed by atoms with Gasteiger partial charge in [0.15, 0.2) is 22.8 Å². The number of aryl methyl sites for hydroxylation is 2. The number of amides is 4. The molecule has 72 heavy (non-hydrogen) atoms. The Balaban J connectivity index is 0.000000156. The van der Waals surface area contributed by atoms with Crippen LogP contribution in [0.4, 0.5) is 0 Å². The van der Waals surface area contributed by atoms with Crippen LogP contribution in [0, 0.1) is 0 Å². The van der Waals surface area contributed by atoms with Crippen LogP contribution < -0.4 is 25.3 Å². The zero-order valence-corrected chi connectivity index (χ0v) is 39.3. The fourth-order valence-corrected chi connectivity index (χ4v) is 9.90. The van der Waals surface area contributed by atoms with Crippen LogP contribution in [-0.2, 0) is 58.0 Å². The average Bonchev–Trinajstić information content (AvgIpc) is 4.17. The molecule has 0 bridgehead atoms. The molecule has 18 heteroatoms. The van der Waals surface area contributed by atoms with Gasteiger partial charge in [-0.25, -0.2) is 19.9 Å². The molecule has 0 spiro atoms. The number of pyridine rings is 2. The van der Waals surface area contributed by atoms with E-state index in [0.29, 0.717) is 106 Å². The number of carbonyl (C=O) groups is 4. The highest BCUT2D eigenvalue weighted by Gasteiger charge is 2.38. The first kappa shape index (κ1) is 45.6. The molecule has 2 aliphatic carbocycles. The van der Waals surface area contributed by atoms with Gasteiger partial charge in [0.1, 0.15) is 17.4 Å². The van der Waals surface area contributed by atoms with Gasteiger partial charge in [0.25, 0.3) is 34.7 Å². The Morgan fingerprint density at radius 3 is 1.78 bits per heavy atom. The van der Waals surface area contributed by atoms with E-state index >= 15 is 0 Å². The first-order valence-corrected chi connectivity index (χ1v) is 23.9. The minimum atomic E-state index is -0.283. The summed E-state index contributed by atoms with van der Waals surface area (Å²) in [6.45, 7) is 1.26. The minimum Gasteiger partial charge on any atom is -0.497 e. The van der Waals surface area contributed by atoms with Crippen LogP contribution in [0.2, 0.25) is 0 Å². The summed E-state index contributed by atoms with van der Waals surface area (Å²) in [5.41, 5.74) is 5.47. The lowest BCUT2D eigenvalue weighted by molar-refractivity contribution is -0.139. The van der Waals surface area contributed by atoms with Crippen molar-refractivity contribution in [3.05, 3.63) is 169 Å². The Bertz CT molecular complexity index is 3670.